The average Bonchev–Trinajstić information content (AvgIpc) is 1.69. The summed E-state index contributed by atoms with van der Waals surface area (Å²) >= 11 is 0. The number of hydrogen-bond acceptors (Lipinski definition) is 8. The van der Waals surface area contributed by atoms with Crippen LogP contribution in [0.5, 0.6) is 0 Å². The summed E-state index contributed by atoms with van der Waals surface area (Å²) < 4.78 is 34.3. The van der Waals surface area contributed by atoms with E-state index in [1.165, 1.54) is 199 Å². The minimum absolute atomic E-state index is 0.0453. The van der Waals surface area contributed by atoms with Gasteiger partial charge in [0.1, 0.15) is 19.8 Å². The third-order valence-corrected chi connectivity index (χ3v) is 18.1. The SMILES string of the molecule is CC/C=C\C/C=C\C/C=C\C/C=C\C/C=C\C/C=C\C/C=C\C/C=C\C/C=C\C/C=C\C/C=C\C/C=C\CCCCC(=O)OC(COC(=O)CCCCCCCCCCCCCCCCCCCCCCCCCCCCCCCCCCCC)COP(=O)([O-])OCC[N+](C)(C)C. The molecule has 2 unspecified atom stereocenters. The van der Waals surface area contributed by atoms with Crippen LogP contribution in [0.3, 0.4) is 0 Å². The Kier molecular flexibility index (Phi) is 72.9. The molecule has 9 nitrogen and oxygen atoms in total. The first kappa shape index (κ1) is 92.9. The van der Waals surface area contributed by atoms with Crippen LogP contribution >= 0.6 is 7.82 Å². The zero-order valence-corrected chi connectivity index (χ0v) is 64.4. The molecule has 0 amide bonds. The number of allylic oxidation sites excluding steroid dienone is 24. The summed E-state index contributed by atoms with van der Waals surface area (Å²) in [7, 11) is 1.13. The number of unbranched alkanes of at least 4 members (excludes halogenated alkanes) is 35. The lowest BCUT2D eigenvalue weighted by atomic mass is 10.0. The average molecular weight is 1370 g/mol. The summed E-state index contributed by atoms with van der Waals surface area (Å²) in [6.45, 7) is 4.10. The summed E-state index contributed by atoms with van der Waals surface area (Å²) in [6, 6.07) is 0. The molecule has 0 bridgehead atoms. The Morgan fingerprint density at radius 3 is 0.876 bits per heavy atom. The van der Waals surface area contributed by atoms with E-state index in [0.29, 0.717) is 17.4 Å². The molecule has 0 N–H and O–H groups in total. The van der Waals surface area contributed by atoms with Crippen LogP contribution in [-0.2, 0) is 32.7 Å². The Morgan fingerprint density at radius 2 is 0.588 bits per heavy atom. The Morgan fingerprint density at radius 1 is 0.330 bits per heavy atom. The zero-order chi connectivity index (χ0) is 70.4. The number of hydrogen-bond donors (Lipinski definition) is 0. The molecule has 0 rings (SSSR count). The zero-order valence-electron chi connectivity index (χ0n) is 63.5. The van der Waals surface area contributed by atoms with E-state index in [0.717, 1.165) is 109 Å². The molecule has 0 aromatic heterocycles. The van der Waals surface area contributed by atoms with Crippen molar-refractivity contribution >= 4 is 19.8 Å². The van der Waals surface area contributed by atoms with Gasteiger partial charge in [0.15, 0.2) is 6.10 Å². The van der Waals surface area contributed by atoms with Gasteiger partial charge in [-0.15, -0.1) is 0 Å². The maximum absolute atomic E-state index is 12.9. The minimum atomic E-state index is -4.67. The summed E-state index contributed by atoms with van der Waals surface area (Å²) in [5, 5.41) is 0. The van der Waals surface area contributed by atoms with Crippen molar-refractivity contribution in [3.05, 3.63) is 146 Å². The molecule has 0 aliphatic heterocycles. The summed E-state index contributed by atoms with van der Waals surface area (Å²) in [5.41, 5.74) is 0. The highest BCUT2D eigenvalue weighted by molar-refractivity contribution is 7.45. The molecule has 556 valence electrons. The lowest BCUT2D eigenvalue weighted by Gasteiger charge is -2.28. The van der Waals surface area contributed by atoms with Crippen LogP contribution in [0.25, 0.3) is 0 Å². The van der Waals surface area contributed by atoms with Crippen LogP contribution in [0.15, 0.2) is 146 Å². The first-order chi connectivity index (χ1) is 47.5. The van der Waals surface area contributed by atoms with Crippen molar-refractivity contribution in [2.24, 2.45) is 0 Å². The third kappa shape index (κ3) is 80.8. The molecule has 0 fully saturated rings. The van der Waals surface area contributed by atoms with Crippen LogP contribution in [0.2, 0.25) is 0 Å². The number of nitrogens with zero attached hydrogens (tertiary/aromatic N) is 1. The number of carbonyl (C=O) groups is 2. The second kappa shape index (κ2) is 76.1. The highest BCUT2D eigenvalue weighted by Gasteiger charge is 2.22. The van der Waals surface area contributed by atoms with Crippen molar-refractivity contribution in [1.29, 1.82) is 0 Å². The van der Waals surface area contributed by atoms with Gasteiger partial charge in [-0.25, -0.2) is 0 Å². The van der Waals surface area contributed by atoms with Gasteiger partial charge in [0.2, 0.25) is 0 Å². The Hall–Kier alpha value is -4.11. The molecule has 0 radical (unpaired) electrons. The van der Waals surface area contributed by atoms with E-state index in [4.69, 9.17) is 18.5 Å². The molecule has 0 aromatic carbocycles. The quantitative estimate of drug-likeness (QED) is 0.0195. The lowest BCUT2D eigenvalue weighted by molar-refractivity contribution is -0.870. The number of phosphoric acid groups is 1. The fourth-order valence-electron chi connectivity index (χ4n) is 11.1. The number of likely N-dealkylation sites (N-methyl/N-ethyl adjacent to an activating group) is 1. The third-order valence-electron chi connectivity index (χ3n) is 17.1. The van der Waals surface area contributed by atoms with Gasteiger partial charge in [-0.2, -0.15) is 0 Å². The van der Waals surface area contributed by atoms with Crippen molar-refractivity contribution in [1.82, 2.24) is 0 Å². The number of esters is 2. The van der Waals surface area contributed by atoms with E-state index in [2.05, 4.69) is 160 Å². The van der Waals surface area contributed by atoms with Crippen LogP contribution in [-0.4, -0.2) is 70.0 Å². The first-order valence-corrected chi connectivity index (χ1v) is 41.5. The van der Waals surface area contributed by atoms with Gasteiger partial charge in [0.05, 0.1) is 27.7 Å². The molecule has 0 aliphatic rings. The molecule has 0 saturated carbocycles. The van der Waals surface area contributed by atoms with Gasteiger partial charge in [-0.05, 0) is 103 Å². The number of carbonyl (C=O) groups excluding carboxylic acids is 2. The molecule has 2 atom stereocenters. The Bertz CT molecular complexity index is 2150. The monoisotopic (exact) mass is 1370 g/mol. The van der Waals surface area contributed by atoms with Crippen molar-refractivity contribution in [3.8, 4) is 0 Å². The molecular weight excluding hydrogens is 1220 g/mol. The molecule has 0 heterocycles. The number of quaternary nitrogens is 1. The normalized spacial score (nSPS) is 13.8. The largest absolute Gasteiger partial charge is 0.756 e. The molecule has 0 aromatic rings. The molecule has 0 saturated heterocycles. The maximum Gasteiger partial charge on any atom is 0.306 e. The predicted molar refractivity (Wildman–Crippen MR) is 420 cm³/mol. The van der Waals surface area contributed by atoms with Crippen LogP contribution in [0.4, 0.5) is 0 Å². The van der Waals surface area contributed by atoms with Gasteiger partial charge in [-0.3, -0.25) is 14.2 Å². The summed E-state index contributed by atoms with van der Waals surface area (Å²) in [6.07, 6.45) is 113. The van der Waals surface area contributed by atoms with E-state index in [1.54, 1.807) is 0 Å². The Balaban J connectivity index is 4.09. The van der Waals surface area contributed by atoms with Crippen molar-refractivity contribution < 1.29 is 42.1 Å². The van der Waals surface area contributed by atoms with E-state index in [1.807, 2.05) is 21.1 Å². The molecule has 10 heteroatoms. The number of phosphoric ester groups is 1. The van der Waals surface area contributed by atoms with Gasteiger partial charge in [-0.1, -0.05) is 372 Å². The maximum atomic E-state index is 12.9. The predicted octanol–water partition coefficient (Wildman–Crippen LogP) is 26.3. The lowest BCUT2D eigenvalue weighted by Crippen LogP contribution is -2.37. The second-order valence-electron chi connectivity index (χ2n) is 27.7. The molecule has 0 aliphatic carbocycles. The van der Waals surface area contributed by atoms with Crippen LogP contribution in [0, 0.1) is 0 Å². The van der Waals surface area contributed by atoms with Crippen LogP contribution in [0.1, 0.15) is 341 Å². The standard InChI is InChI=1S/C87H150NO8P/c1-6-8-10-12-14-16-18-20-22-24-26-28-30-32-34-36-38-40-42-43-44-45-46-48-50-52-54-56-58-60-62-64-66-68-70-72-74-76-78-80-87(90)96-85(84-95-97(91,92)94-82-81-88(3,4)5)83-93-86(89)79-77-75-73-71-69-67-65-63-61-59-57-55-53-51-49-47-41-39-37-35-33-31-29-27-25-23-21-19-17-15-13-11-9-7-2/h8,10,14,16,20,22,26,28,32,34,38,40,43-44,46,48,52,54,58,60,64,66,70,72,85H,6-7,9,11-13,15,17-19,21,23-25,27,29-31,33,35-37,39,41-42,45,47,49-51,53,55-57,59,61-63,65,67-69,71,73-84H2,1-5H3/b10-8-,16-14-,22-20-,28-26-,34-32-,40-38-,44-43-,48-46-,54-52-,60-58-,66-64-,72-70-. The first-order valence-electron chi connectivity index (χ1n) is 40.0. The minimum Gasteiger partial charge on any atom is -0.756 e. The summed E-state index contributed by atoms with van der Waals surface area (Å²) in [5.74, 6) is -0.881. The molecule has 97 heavy (non-hydrogen) atoms. The second-order valence-corrected chi connectivity index (χ2v) is 29.1. The van der Waals surface area contributed by atoms with Gasteiger partial charge in [0, 0.05) is 12.8 Å². The van der Waals surface area contributed by atoms with Crippen molar-refractivity contribution in [2.75, 3.05) is 47.5 Å². The van der Waals surface area contributed by atoms with E-state index < -0.39 is 32.5 Å². The number of rotatable bonds is 73. The van der Waals surface area contributed by atoms with Crippen molar-refractivity contribution in [3.63, 3.8) is 0 Å². The summed E-state index contributed by atoms with van der Waals surface area (Å²) in [4.78, 5) is 38.1. The topological polar surface area (TPSA) is 111 Å². The fraction of sp³-hybridized carbons (Fsp3) is 0.701. The highest BCUT2D eigenvalue weighted by atomic mass is 31.2. The fourth-order valence-corrected chi connectivity index (χ4v) is 11.8. The van der Waals surface area contributed by atoms with E-state index in [-0.39, 0.29) is 26.1 Å². The van der Waals surface area contributed by atoms with E-state index in [9.17, 15) is 19.0 Å². The Labute approximate surface area is 599 Å². The smallest absolute Gasteiger partial charge is 0.306 e. The van der Waals surface area contributed by atoms with Crippen molar-refractivity contribution in [2.45, 2.75) is 347 Å². The van der Waals surface area contributed by atoms with Gasteiger partial charge >= 0.3 is 11.9 Å². The number of ether oxygens (including phenoxy) is 2. The van der Waals surface area contributed by atoms with Gasteiger partial charge < -0.3 is 27.9 Å². The molecule has 0 spiro atoms. The van der Waals surface area contributed by atoms with Crippen LogP contribution < -0.4 is 4.89 Å². The highest BCUT2D eigenvalue weighted by Crippen LogP contribution is 2.38. The van der Waals surface area contributed by atoms with E-state index >= 15 is 0 Å². The van der Waals surface area contributed by atoms with Gasteiger partial charge in [0.25, 0.3) is 7.82 Å². The molecular formula is C87H150NO8P.